The van der Waals surface area contributed by atoms with Gasteiger partial charge in [-0.25, -0.2) is 4.39 Å². The van der Waals surface area contributed by atoms with Crippen molar-refractivity contribution in [1.29, 1.82) is 5.26 Å². The number of nitrogens with zero attached hydrogens (tertiary/aromatic N) is 1. The zero-order valence-electron chi connectivity index (χ0n) is 9.81. The first-order valence-electron chi connectivity index (χ1n) is 5.62. The first-order valence-corrected chi connectivity index (χ1v) is 5.62. The maximum Gasteiger partial charge on any atom is 0.231 e. The molecular formula is C14H9FN2O2. The highest BCUT2D eigenvalue weighted by molar-refractivity contribution is 5.68. The summed E-state index contributed by atoms with van der Waals surface area (Å²) in [7, 11) is 0. The van der Waals surface area contributed by atoms with Gasteiger partial charge in [0.25, 0.3) is 0 Å². The van der Waals surface area contributed by atoms with E-state index in [1.807, 2.05) is 6.07 Å². The minimum absolute atomic E-state index is 0.207. The zero-order chi connectivity index (χ0) is 13.2. The molecule has 94 valence electrons. The Hall–Kier alpha value is -2.74. The van der Waals surface area contributed by atoms with Crippen LogP contribution in [0.5, 0.6) is 11.5 Å². The molecule has 1 heterocycles. The van der Waals surface area contributed by atoms with Crippen LogP contribution in [0.2, 0.25) is 0 Å². The van der Waals surface area contributed by atoms with E-state index in [0.29, 0.717) is 17.2 Å². The fourth-order valence-corrected chi connectivity index (χ4v) is 1.85. The van der Waals surface area contributed by atoms with E-state index in [2.05, 4.69) is 5.32 Å². The monoisotopic (exact) mass is 256 g/mol. The predicted octanol–water partition coefficient (Wildman–Crippen LogP) is 3.17. The van der Waals surface area contributed by atoms with Crippen LogP contribution in [-0.2, 0) is 0 Å². The molecule has 0 bridgehead atoms. The Morgan fingerprint density at radius 3 is 2.79 bits per heavy atom. The third-order valence-corrected chi connectivity index (χ3v) is 2.75. The van der Waals surface area contributed by atoms with Gasteiger partial charge in [-0.05, 0) is 30.3 Å². The summed E-state index contributed by atoms with van der Waals surface area (Å²) in [5, 5.41) is 12.0. The normalized spacial score (nSPS) is 12.0. The van der Waals surface area contributed by atoms with E-state index >= 15 is 0 Å². The van der Waals surface area contributed by atoms with Crippen molar-refractivity contribution in [3.63, 3.8) is 0 Å². The van der Waals surface area contributed by atoms with Crippen molar-refractivity contribution in [2.45, 2.75) is 0 Å². The van der Waals surface area contributed by atoms with E-state index < -0.39 is 5.82 Å². The van der Waals surface area contributed by atoms with Crippen molar-refractivity contribution in [3.8, 4) is 17.6 Å². The number of hydrogen-bond acceptors (Lipinski definition) is 4. The van der Waals surface area contributed by atoms with E-state index in [1.54, 1.807) is 18.2 Å². The van der Waals surface area contributed by atoms with Gasteiger partial charge in [0.2, 0.25) is 6.79 Å². The zero-order valence-corrected chi connectivity index (χ0v) is 9.81. The van der Waals surface area contributed by atoms with Gasteiger partial charge in [-0.15, -0.1) is 0 Å². The van der Waals surface area contributed by atoms with E-state index in [4.69, 9.17) is 14.7 Å². The largest absolute Gasteiger partial charge is 0.454 e. The second-order valence-corrected chi connectivity index (χ2v) is 3.99. The minimum Gasteiger partial charge on any atom is -0.454 e. The van der Waals surface area contributed by atoms with Gasteiger partial charge in [0.1, 0.15) is 11.9 Å². The summed E-state index contributed by atoms with van der Waals surface area (Å²) in [6.07, 6.45) is 0. The maximum absolute atomic E-state index is 13.0. The van der Waals surface area contributed by atoms with Crippen LogP contribution in [0.4, 0.5) is 15.8 Å². The third-order valence-electron chi connectivity index (χ3n) is 2.75. The van der Waals surface area contributed by atoms with Crippen molar-refractivity contribution >= 4 is 11.4 Å². The molecule has 0 saturated heterocycles. The molecule has 1 N–H and O–H groups in total. The van der Waals surface area contributed by atoms with Crippen molar-refractivity contribution in [2.24, 2.45) is 0 Å². The van der Waals surface area contributed by atoms with E-state index in [-0.39, 0.29) is 12.4 Å². The van der Waals surface area contributed by atoms with Gasteiger partial charge in [0, 0.05) is 11.8 Å². The number of hydrogen-bond donors (Lipinski definition) is 1. The molecule has 1 aliphatic rings. The molecule has 3 rings (SSSR count). The van der Waals surface area contributed by atoms with Crippen LogP contribution in [0.3, 0.4) is 0 Å². The molecule has 0 spiro atoms. The van der Waals surface area contributed by atoms with Gasteiger partial charge >= 0.3 is 0 Å². The van der Waals surface area contributed by atoms with Crippen LogP contribution in [-0.4, -0.2) is 6.79 Å². The maximum atomic E-state index is 13.0. The van der Waals surface area contributed by atoms with Crippen molar-refractivity contribution in [1.82, 2.24) is 0 Å². The smallest absolute Gasteiger partial charge is 0.231 e. The lowest BCUT2D eigenvalue weighted by Gasteiger charge is -2.08. The lowest BCUT2D eigenvalue weighted by Crippen LogP contribution is -1.94. The standard InChI is InChI=1S/C14H9FN2O2/c15-10-1-3-12(9(5-10)7-16)17-11-2-4-13-14(6-11)19-8-18-13/h1-6,17H,8H2. The Kier molecular flexibility index (Phi) is 2.69. The summed E-state index contributed by atoms with van der Waals surface area (Å²) in [5.74, 6) is 0.892. The van der Waals surface area contributed by atoms with Gasteiger partial charge in [-0.3, -0.25) is 0 Å². The Morgan fingerprint density at radius 1 is 1.11 bits per heavy atom. The quantitative estimate of drug-likeness (QED) is 0.896. The lowest BCUT2D eigenvalue weighted by molar-refractivity contribution is 0.174. The number of nitrogens with one attached hydrogen (secondary N) is 1. The molecule has 2 aromatic rings. The molecule has 0 amide bonds. The minimum atomic E-state index is -0.437. The molecule has 0 saturated carbocycles. The van der Waals surface area contributed by atoms with Gasteiger partial charge < -0.3 is 14.8 Å². The molecule has 2 aromatic carbocycles. The van der Waals surface area contributed by atoms with E-state index in [1.165, 1.54) is 18.2 Å². The fourth-order valence-electron chi connectivity index (χ4n) is 1.85. The summed E-state index contributed by atoms with van der Waals surface area (Å²) in [4.78, 5) is 0. The van der Waals surface area contributed by atoms with Crippen LogP contribution in [0.15, 0.2) is 36.4 Å². The second kappa shape index (κ2) is 4.50. The van der Waals surface area contributed by atoms with Gasteiger partial charge in [0.15, 0.2) is 11.5 Å². The Labute approximate surface area is 109 Å². The summed E-state index contributed by atoms with van der Waals surface area (Å²) < 4.78 is 23.5. The van der Waals surface area contributed by atoms with Crippen LogP contribution >= 0.6 is 0 Å². The molecule has 0 atom stereocenters. The number of anilines is 2. The summed E-state index contributed by atoms with van der Waals surface area (Å²) in [5.41, 5.74) is 1.53. The number of fused-ring (bicyclic) bond motifs is 1. The SMILES string of the molecule is N#Cc1cc(F)ccc1Nc1ccc2c(c1)OCO2. The van der Waals surface area contributed by atoms with Crippen LogP contribution in [0, 0.1) is 17.1 Å². The molecule has 0 aromatic heterocycles. The summed E-state index contributed by atoms with van der Waals surface area (Å²) in [6, 6.07) is 11.3. The second-order valence-electron chi connectivity index (χ2n) is 3.99. The molecule has 0 unspecified atom stereocenters. The van der Waals surface area contributed by atoms with Crippen LogP contribution in [0.25, 0.3) is 0 Å². The fraction of sp³-hybridized carbons (Fsp3) is 0.0714. The lowest BCUT2D eigenvalue weighted by atomic mass is 10.1. The molecule has 0 fully saturated rings. The van der Waals surface area contributed by atoms with Crippen LogP contribution in [0.1, 0.15) is 5.56 Å². The van der Waals surface area contributed by atoms with Crippen molar-refractivity contribution in [3.05, 3.63) is 47.8 Å². The van der Waals surface area contributed by atoms with Gasteiger partial charge in [-0.2, -0.15) is 5.26 Å². The number of halogens is 1. The molecule has 4 nitrogen and oxygen atoms in total. The molecular weight excluding hydrogens is 247 g/mol. The third kappa shape index (κ3) is 2.16. The molecule has 0 radical (unpaired) electrons. The predicted molar refractivity (Wildman–Crippen MR) is 67.0 cm³/mol. The molecule has 1 aliphatic heterocycles. The summed E-state index contributed by atoms with van der Waals surface area (Å²) in [6.45, 7) is 0.207. The summed E-state index contributed by atoms with van der Waals surface area (Å²) >= 11 is 0. The first kappa shape index (κ1) is 11.4. The van der Waals surface area contributed by atoms with Crippen molar-refractivity contribution < 1.29 is 13.9 Å². The number of benzene rings is 2. The molecule has 0 aliphatic carbocycles. The van der Waals surface area contributed by atoms with Gasteiger partial charge in [0.05, 0.1) is 11.3 Å². The van der Waals surface area contributed by atoms with E-state index in [0.717, 1.165) is 5.69 Å². The highest BCUT2D eigenvalue weighted by Gasteiger charge is 2.13. The highest BCUT2D eigenvalue weighted by atomic mass is 19.1. The Balaban J connectivity index is 1.92. The number of nitriles is 1. The van der Waals surface area contributed by atoms with Crippen molar-refractivity contribution in [2.75, 3.05) is 12.1 Å². The first-order chi connectivity index (χ1) is 9.26. The van der Waals surface area contributed by atoms with E-state index in [9.17, 15) is 4.39 Å². The number of ether oxygens (including phenoxy) is 2. The highest BCUT2D eigenvalue weighted by Crippen LogP contribution is 2.35. The van der Waals surface area contributed by atoms with Gasteiger partial charge in [-0.1, -0.05) is 0 Å². The topological polar surface area (TPSA) is 54.3 Å². The molecule has 19 heavy (non-hydrogen) atoms. The average molecular weight is 256 g/mol. The Morgan fingerprint density at radius 2 is 1.95 bits per heavy atom. The number of rotatable bonds is 2. The average Bonchev–Trinajstić information content (AvgIpc) is 2.88. The molecule has 5 heteroatoms. The van der Waals surface area contributed by atoms with Crippen LogP contribution < -0.4 is 14.8 Å². The Bertz CT molecular complexity index is 680.